The topological polar surface area (TPSA) is 62.5 Å². The van der Waals surface area contributed by atoms with Crippen LogP contribution >= 0.6 is 0 Å². The van der Waals surface area contributed by atoms with E-state index in [2.05, 4.69) is 5.32 Å². The number of aliphatic hydroxyl groups excluding tert-OH is 1. The fourth-order valence-corrected chi connectivity index (χ4v) is 1.88. The zero-order chi connectivity index (χ0) is 13.5. The van der Waals surface area contributed by atoms with Crippen molar-refractivity contribution in [1.29, 1.82) is 0 Å². The molecule has 0 saturated carbocycles. The lowest BCUT2D eigenvalue weighted by molar-refractivity contribution is -0.122. The summed E-state index contributed by atoms with van der Waals surface area (Å²) in [6.45, 7) is -0.115. The van der Waals surface area contributed by atoms with Crippen LogP contribution in [0.5, 0.6) is 0 Å². The predicted molar refractivity (Wildman–Crippen MR) is 71.4 cm³/mol. The van der Waals surface area contributed by atoms with E-state index in [9.17, 15) is 9.90 Å². The minimum Gasteiger partial charge on any atom is -0.469 e. The normalized spacial score (nSPS) is 12.1. The van der Waals surface area contributed by atoms with Gasteiger partial charge in [-0.3, -0.25) is 4.79 Å². The van der Waals surface area contributed by atoms with E-state index in [4.69, 9.17) is 4.42 Å². The molecule has 0 bridgehead atoms. The Labute approximate surface area is 112 Å². The molecule has 0 unspecified atom stereocenters. The van der Waals surface area contributed by atoms with Gasteiger partial charge in [-0.05, 0) is 17.7 Å². The minimum atomic E-state index is -0.356. The third-order valence-electron chi connectivity index (χ3n) is 2.90. The summed E-state index contributed by atoms with van der Waals surface area (Å²) in [6.07, 6.45) is 2.50. The van der Waals surface area contributed by atoms with Gasteiger partial charge in [0.25, 0.3) is 0 Å². The molecule has 0 aliphatic heterocycles. The number of carbonyl (C=O) groups excluding carboxylic acids is 1. The number of nitrogens with one attached hydrogen (secondary N) is 1. The van der Waals surface area contributed by atoms with E-state index < -0.39 is 0 Å². The van der Waals surface area contributed by atoms with Gasteiger partial charge in [0.1, 0.15) is 5.76 Å². The van der Waals surface area contributed by atoms with Gasteiger partial charge < -0.3 is 14.8 Å². The molecule has 0 radical (unpaired) electrons. The van der Waals surface area contributed by atoms with E-state index in [1.54, 1.807) is 12.3 Å². The zero-order valence-electron chi connectivity index (χ0n) is 10.6. The van der Waals surface area contributed by atoms with Gasteiger partial charge in [0.2, 0.25) is 5.91 Å². The van der Waals surface area contributed by atoms with Crippen LogP contribution in [-0.4, -0.2) is 17.6 Å². The second kappa shape index (κ2) is 6.75. The molecule has 0 spiro atoms. The molecule has 0 fully saturated rings. The summed E-state index contributed by atoms with van der Waals surface area (Å²) in [5, 5.41) is 12.2. The number of amides is 1. The molecule has 4 nitrogen and oxygen atoms in total. The van der Waals surface area contributed by atoms with Crippen LogP contribution < -0.4 is 5.32 Å². The highest BCUT2D eigenvalue weighted by Gasteiger charge is 2.13. The Morgan fingerprint density at radius 1 is 1.21 bits per heavy atom. The number of aryl methyl sites for hydroxylation is 1. The second-order valence-corrected chi connectivity index (χ2v) is 4.29. The summed E-state index contributed by atoms with van der Waals surface area (Å²) in [5.74, 6) is 0.690. The molecular formula is C15H17NO3. The summed E-state index contributed by atoms with van der Waals surface area (Å²) in [7, 11) is 0. The van der Waals surface area contributed by atoms with Crippen molar-refractivity contribution in [3.05, 3.63) is 60.1 Å². The fraction of sp³-hybridized carbons (Fsp3) is 0.267. The molecule has 0 aliphatic rings. The number of benzene rings is 1. The molecule has 1 amide bonds. The Kier molecular flexibility index (Phi) is 4.75. The maximum Gasteiger partial charge on any atom is 0.221 e. The molecule has 1 aromatic heterocycles. The molecule has 0 aliphatic carbocycles. The number of aliphatic hydroxyl groups is 1. The summed E-state index contributed by atoms with van der Waals surface area (Å²) in [6, 6.07) is 12.7. The summed E-state index contributed by atoms with van der Waals surface area (Å²) in [4.78, 5) is 11.8. The van der Waals surface area contributed by atoms with Crippen LogP contribution in [0.15, 0.2) is 53.1 Å². The lowest BCUT2D eigenvalue weighted by Gasteiger charge is -2.16. The highest BCUT2D eigenvalue weighted by atomic mass is 16.3. The van der Waals surface area contributed by atoms with Crippen LogP contribution in [0.1, 0.15) is 23.8 Å². The Hall–Kier alpha value is -2.07. The van der Waals surface area contributed by atoms with Crippen molar-refractivity contribution >= 4 is 5.91 Å². The SMILES string of the molecule is O=C(CCc1ccco1)N[C@@H](CO)c1ccccc1. The highest BCUT2D eigenvalue weighted by Crippen LogP contribution is 2.12. The average molecular weight is 259 g/mol. The standard InChI is InChI=1S/C15H17NO3/c17-11-14(12-5-2-1-3-6-12)16-15(18)9-8-13-7-4-10-19-13/h1-7,10,14,17H,8-9,11H2,(H,16,18)/t14-/m0/s1. The Bertz CT molecular complexity index is 493. The maximum atomic E-state index is 11.8. The van der Waals surface area contributed by atoms with Crippen molar-refractivity contribution in [2.75, 3.05) is 6.61 Å². The average Bonchev–Trinajstić information content (AvgIpc) is 2.97. The maximum absolute atomic E-state index is 11.8. The van der Waals surface area contributed by atoms with Crippen molar-refractivity contribution in [3.63, 3.8) is 0 Å². The van der Waals surface area contributed by atoms with Gasteiger partial charge in [0, 0.05) is 12.8 Å². The minimum absolute atomic E-state index is 0.0979. The van der Waals surface area contributed by atoms with E-state index in [1.165, 1.54) is 0 Å². The fourth-order valence-electron chi connectivity index (χ4n) is 1.88. The van der Waals surface area contributed by atoms with Crippen molar-refractivity contribution in [2.24, 2.45) is 0 Å². The Morgan fingerprint density at radius 2 is 2.00 bits per heavy atom. The van der Waals surface area contributed by atoms with E-state index in [0.29, 0.717) is 12.8 Å². The zero-order valence-corrected chi connectivity index (χ0v) is 10.6. The first-order valence-electron chi connectivity index (χ1n) is 6.27. The lowest BCUT2D eigenvalue weighted by atomic mass is 10.1. The summed E-state index contributed by atoms with van der Waals surface area (Å²) in [5.41, 5.74) is 0.899. The number of hydrogen-bond acceptors (Lipinski definition) is 3. The molecule has 2 rings (SSSR count). The molecule has 2 aromatic rings. The summed E-state index contributed by atoms with van der Waals surface area (Å²) < 4.78 is 5.17. The van der Waals surface area contributed by atoms with Crippen molar-refractivity contribution < 1.29 is 14.3 Å². The van der Waals surface area contributed by atoms with Crippen molar-refractivity contribution in [1.82, 2.24) is 5.32 Å². The number of hydrogen-bond donors (Lipinski definition) is 2. The monoisotopic (exact) mass is 259 g/mol. The molecule has 4 heteroatoms. The first-order valence-corrected chi connectivity index (χ1v) is 6.27. The van der Waals surface area contributed by atoms with Gasteiger partial charge in [-0.25, -0.2) is 0 Å². The van der Waals surface area contributed by atoms with Gasteiger partial charge >= 0.3 is 0 Å². The first-order chi connectivity index (χ1) is 9.29. The van der Waals surface area contributed by atoms with E-state index >= 15 is 0 Å². The van der Waals surface area contributed by atoms with Crippen molar-refractivity contribution in [3.8, 4) is 0 Å². The Morgan fingerprint density at radius 3 is 2.63 bits per heavy atom. The molecule has 19 heavy (non-hydrogen) atoms. The van der Waals surface area contributed by atoms with Gasteiger partial charge in [0.05, 0.1) is 18.9 Å². The molecule has 1 heterocycles. The largest absolute Gasteiger partial charge is 0.469 e. The van der Waals surface area contributed by atoms with E-state index in [1.807, 2.05) is 36.4 Å². The van der Waals surface area contributed by atoms with Crippen LogP contribution in [0, 0.1) is 0 Å². The summed E-state index contributed by atoms with van der Waals surface area (Å²) >= 11 is 0. The molecule has 2 N–H and O–H groups in total. The molecule has 1 atom stereocenters. The lowest BCUT2D eigenvalue weighted by Crippen LogP contribution is -2.30. The quantitative estimate of drug-likeness (QED) is 0.834. The van der Waals surface area contributed by atoms with Crippen LogP contribution in [-0.2, 0) is 11.2 Å². The van der Waals surface area contributed by atoms with Gasteiger partial charge in [0.15, 0.2) is 0 Å². The van der Waals surface area contributed by atoms with Gasteiger partial charge in [-0.15, -0.1) is 0 Å². The van der Waals surface area contributed by atoms with Crippen LogP contribution in [0.4, 0.5) is 0 Å². The van der Waals surface area contributed by atoms with Crippen LogP contribution in [0.25, 0.3) is 0 Å². The number of rotatable bonds is 6. The molecule has 1 aromatic carbocycles. The van der Waals surface area contributed by atoms with Gasteiger partial charge in [-0.2, -0.15) is 0 Å². The van der Waals surface area contributed by atoms with Gasteiger partial charge in [-0.1, -0.05) is 30.3 Å². The predicted octanol–water partition coefficient (Wildman–Crippen LogP) is 2.06. The van der Waals surface area contributed by atoms with E-state index in [-0.39, 0.29) is 18.6 Å². The molecule has 0 saturated heterocycles. The van der Waals surface area contributed by atoms with Crippen LogP contribution in [0.3, 0.4) is 0 Å². The number of furan rings is 1. The molecular weight excluding hydrogens is 242 g/mol. The highest BCUT2D eigenvalue weighted by molar-refractivity contribution is 5.76. The molecule has 100 valence electrons. The van der Waals surface area contributed by atoms with Crippen molar-refractivity contribution in [2.45, 2.75) is 18.9 Å². The number of carbonyl (C=O) groups is 1. The first kappa shape index (κ1) is 13.4. The van der Waals surface area contributed by atoms with Crippen LogP contribution in [0.2, 0.25) is 0 Å². The second-order valence-electron chi connectivity index (χ2n) is 4.29. The third-order valence-corrected chi connectivity index (χ3v) is 2.90. The smallest absolute Gasteiger partial charge is 0.221 e. The third kappa shape index (κ3) is 3.96. The Balaban J connectivity index is 1.86. The van der Waals surface area contributed by atoms with E-state index in [0.717, 1.165) is 11.3 Å².